The van der Waals surface area contributed by atoms with E-state index in [1.165, 1.54) is 30.3 Å². The minimum atomic E-state index is -3.74. The zero-order valence-electron chi connectivity index (χ0n) is 16.6. The molecule has 0 heterocycles. The molecule has 0 bridgehead atoms. The van der Waals surface area contributed by atoms with Crippen LogP contribution in [0.1, 0.15) is 15.9 Å². The zero-order chi connectivity index (χ0) is 23.1. The summed E-state index contributed by atoms with van der Waals surface area (Å²) in [6.45, 7) is 0.421. The van der Waals surface area contributed by atoms with Crippen molar-refractivity contribution in [2.75, 3.05) is 17.0 Å². The van der Waals surface area contributed by atoms with E-state index in [1.54, 1.807) is 48.2 Å². The fourth-order valence-electron chi connectivity index (χ4n) is 2.75. The standard InChI is InChI=1S/C22H19Cl3N2O3S2/c23-19-7-4-8-20(24)18(19)14-31-12-11-26-22(28)17-10-9-15(13-21(17)25)27-32(29,30)16-5-2-1-3-6-16/h1-10,13,27H,11-12,14H2,(H,26,28). The van der Waals surface area contributed by atoms with Crippen molar-refractivity contribution in [1.82, 2.24) is 5.32 Å². The normalized spacial score (nSPS) is 11.2. The van der Waals surface area contributed by atoms with Gasteiger partial charge in [-0.3, -0.25) is 9.52 Å². The minimum Gasteiger partial charge on any atom is -0.351 e. The minimum absolute atomic E-state index is 0.133. The summed E-state index contributed by atoms with van der Waals surface area (Å²) in [6, 6.07) is 17.7. The summed E-state index contributed by atoms with van der Waals surface area (Å²) < 4.78 is 27.3. The van der Waals surface area contributed by atoms with Crippen molar-refractivity contribution in [3.63, 3.8) is 0 Å². The Hall–Kier alpha value is -1.90. The van der Waals surface area contributed by atoms with E-state index in [9.17, 15) is 13.2 Å². The molecule has 0 unspecified atom stereocenters. The number of benzene rings is 3. The topological polar surface area (TPSA) is 75.3 Å². The van der Waals surface area contributed by atoms with Crippen LogP contribution in [0.15, 0.2) is 71.6 Å². The molecule has 0 spiro atoms. The van der Waals surface area contributed by atoms with E-state index in [0.717, 1.165) is 5.56 Å². The lowest BCUT2D eigenvalue weighted by molar-refractivity contribution is 0.0956. The molecule has 0 fully saturated rings. The molecule has 3 aromatic rings. The van der Waals surface area contributed by atoms with E-state index in [2.05, 4.69) is 10.0 Å². The van der Waals surface area contributed by atoms with Gasteiger partial charge in [0.1, 0.15) is 0 Å². The van der Waals surface area contributed by atoms with Crippen molar-refractivity contribution in [3.8, 4) is 0 Å². The maximum Gasteiger partial charge on any atom is 0.261 e. The summed E-state index contributed by atoms with van der Waals surface area (Å²) in [7, 11) is -3.74. The molecule has 168 valence electrons. The second kappa shape index (κ2) is 11.3. The van der Waals surface area contributed by atoms with Crippen LogP contribution in [0.5, 0.6) is 0 Å². The van der Waals surface area contributed by atoms with Crippen molar-refractivity contribution in [2.24, 2.45) is 0 Å². The second-order valence-electron chi connectivity index (χ2n) is 6.62. The van der Waals surface area contributed by atoms with Crippen LogP contribution in [0.3, 0.4) is 0 Å². The van der Waals surface area contributed by atoms with Crippen LogP contribution in [0.2, 0.25) is 15.1 Å². The van der Waals surface area contributed by atoms with E-state index in [0.29, 0.717) is 28.1 Å². The number of sulfonamides is 1. The Morgan fingerprint density at radius 3 is 2.22 bits per heavy atom. The summed E-state index contributed by atoms with van der Waals surface area (Å²) in [5, 5.41) is 4.17. The third-order valence-electron chi connectivity index (χ3n) is 4.36. The third-order valence-corrected chi connectivity index (χ3v) is 7.76. The van der Waals surface area contributed by atoms with E-state index < -0.39 is 10.0 Å². The molecule has 32 heavy (non-hydrogen) atoms. The summed E-state index contributed by atoms with van der Waals surface area (Å²) in [5.41, 5.74) is 1.39. The highest BCUT2D eigenvalue weighted by Crippen LogP contribution is 2.28. The van der Waals surface area contributed by atoms with Gasteiger partial charge in [-0.1, -0.05) is 59.1 Å². The molecule has 0 aromatic heterocycles. The van der Waals surface area contributed by atoms with Gasteiger partial charge in [-0.2, -0.15) is 11.8 Å². The molecular weight excluding hydrogens is 511 g/mol. The molecule has 0 atom stereocenters. The number of hydrogen-bond donors (Lipinski definition) is 2. The number of rotatable bonds is 9. The van der Waals surface area contributed by atoms with Crippen molar-refractivity contribution in [2.45, 2.75) is 10.6 Å². The van der Waals surface area contributed by atoms with Gasteiger partial charge in [-0.15, -0.1) is 0 Å². The van der Waals surface area contributed by atoms with Crippen molar-refractivity contribution >= 4 is 68.2 Å². The first kappa shape index (κ1) is 24.7. The summed E-state index contributed by atoms with van der Waals surface area (Å²) in [5.74, 6) is 0.939. The molecular formula is C22H19Cl3N2O3S2. The molecule has 0 aliphatic rings. The van der Waals surface area contributed by atoms with Gasteiger partial charge in [0.15, 0.2) is 0 Å². The Kier molecular flexibility index (Phi) is 8.73. The van der Waals surface area contributed by atoms with Crippen LogP contribution in [0, 0.1) is 0 Å². The Morgan fingerprint density at radius 1 is 0.875 bits per heavy atom. The lowest BCUT2D eigenvalue weighted by Gasteiger charge is -2.11. The van der Waals surface area contributed by atoms with Crippen molar-refractivity contribution < 1.29 is 13.2 Å². The molecule has 2 N–H and O–H groups in total. The van der Waals surface area contributed by atoms with Crippen LogP contribution >= 0.6 is 46.6 Å². The maximum atomic E-state index is 12.4. The average molecular weight is 530 g/mol. The Bertz CT molecular complexity index is 1190. The van der Waals surface area contributed by atoms with E-state index in [1.807, 2.05) is 0 Å². The predicted molar refractivity (Wildman–Crippen MR) is 134 cm³/mol. The first-order chi connectivity index (χ1) is 15.3. The Morgan fingerprint density at radius 2 is 1.56 bits per heavy atom. The summed E-state index contributed by atoms with van der Waals surface area (Å²) >= 11 is 20.1. The second-order valence-corrected chi connectivity index (χ2v) is 10.6. The van der Waals surface area contributed by atoms with E-state index in [-0.39, 0.29) is 27.1 Å². The summed E-state index contributed by atoms with van der Waals surface area (Å²) in [6.07, 6.45) is 0. The molecule has 3 rings (SSSR count). The number of nitrogens with one attached hydrogen (secondary N) is 2. The van der Waals surface area contributed by atoms with Gasteiger partial charge in [0.2, 0.25) is 0 Å². The first-order valence-corrected chi connectivity index (χ1v) is 13.2. The fourth-order valence-corrected chi connectivity index (χ4v) is 5.69. The highest BCUT2D eigenvalue weighted by molar-refractivity contribution is 7.98. The number of thioether (sulfide) groups is 1. The molecule has 0 saturated heterocycles. The average Bonchev–Trinajstić information content (AvgIpc) is 2.75. The molecule has 5 nitrogen and oxygen atoms in total. The van der Waals surface area contributed by atoms with Crippen molar-refractivity contribution in [1.29, 1.82) is 0 Å². The lowest BCUT2D eigenvalue weighted by Crippen LogP contribution is -2.26. The monoisotopic (exact) mass is 528 g/mol. The van der Waals surface area contributed by atoms with Gasteiger partial charge >= 0.3 is 0 Å². The smallest absolute Gasteiger partial charge is 0.261 e. The lowest BCUT2D eigenvalue weighted by atomic mass is 10.2. The molecule has 0 radical (unpaired) electrons. The van der Waals surface area contributed by atoms with Gasteiger partial charge in [0, 0.05) is 28.1 Å². The van der Waals surface area contributed by atoms with Gasteiger partial charge in [0.05, 0.1) is 21.2 Å². The van der Waals surface area contributed by atoms with Gasteiger partial charge < -0.3 is 5.32 Å². The Balaban J connectivity index is 1.53. The predicted octanol–water partition coefficient (Wildman–Crippen LogP) is 6.11. The molecule has 0 saturated carbocycles. The van der Waals surface area contributed by atoms with Gasteiger partial charge in [-0.05, 0) is 48.0 Å². The molecule has 0 aliphatic heterocycles. The van der Waals surface area contributed by atoms with Crippen molar-refractivity contribution in [3.05, 3.63) is 92.9 Å². The van der Waals surface area contributed by atoms with E-state index >= 15 is 0 Å². The fraction of sp³-hybridized carbons (Fsp3) is 0.136. The zero-order valence-corrected chi connectivity index (χ0v) is 20.5. The number of anilines is 1. The number of carbonyl (C=O) groups excluding carboxylic acids is 1. The van der Waals surface area contributed by atoms with Crippen LogP contribution in [-0.4, -0.2) is 26.6 Å². The van der Waals surface area contributed by atoms with Crippen LogP contribution in [-0.2, 0) is 15.8 Å². The first-order valence-electron chi connectivity index (χ1n) is 9.44. The number of amides is 1. The quantitative estimate of drug-likeness (QED) is 0.328. The van der Waals surface area contributed by atoms with Gasteiger partial charge in [-0.25, -0.2) is 8.42 Å². The SMILES string of the molecule is O=C(NCCSCc1c(Cl)cccc1Cl)c1ccc(NS(=O)(=O)c2ccccc2)cc1Cl. The largest absolute Gasteiger partial charge is 0.351 e. The Labute approximate surface area is 206 Å². The number of halogens is 3. The maximum absolute atomic E-state index is 12.4. The highest BCUT2D eigenvalue weighted by atomic mass is 35.5. The van der Waals surface area contributed by atoms with Crippen LogP contribution in [0.4, 0.5) is 5.69 Å². The summed E-state index contributed by atoms with van der Waals surface area (Å²) in [4.78, 5) is 12.6. The number of hydrogen-bond acceptors (Lipinski definition) is 4. The molecule has 1 amide bonds. The highest BCUT2D eigenvalue weighted by Gasteiger charge is 2.16. The van der Waals surface area contributed by atoms with Crippen LogP contribution < -0.4 is 10.0 Å². The molecule has 0 aliphatic carbocycles. The third kappa shape index (κ3) is 6.56. The van der Waals surface area contributed by atoms with Crippen LogP contribution in [0.25, 0.3) is 0 Å². The molecule has 3 aromatic carbocycles. The van der Waals surface area contributed by atoms with Gasteiger partial charge in [0.25, 0.3) is 15.9 Å². The number of carbonyl (C=O) groups is 1. The van der Waals surface area contributed by atoms with E-state index in [4.69, 9.17) is 34.8 Å². The molecule has 10 heteroatoms.